The van der Waals surface area contributed by atoms with E-state index in [1.54, 1.807) is 12.4 Å². The van der Waals surface area contributed by atoms with Gasteiger partial charge in [0.25, 0.3) is 0 Å². The average molecular weight is 1430 g/mol. The van der Waals surface area contributed by atoms with E-state index in [1.807, 2.05) is 0 Å². The van der Waals surface area contributed by atoms with E-state index in [-0.39, 0.29) is 59.5 Å². The number of nitrogens with zero attached hydrogens (tertiary/aromatic N) is 6. The van der Waals surface area contributed by atoms with Crippen LogP contribution in [0.4, 0.5) is 0 Å². The Bertz CT molecular complexity index is 2590. The topological polar surface area (TPSA) is 727 Å². The molecule has 99 heavy (non-hydrogen) atoms. The Morgan fingerprint density at radius 2 is 0.606 bits per heavy atom. The average Bonchev–Trinajstić information content (AvgIpc) is 1.75. The van der Waals surface area contributed by atoms with E-state index in [9.17, 15) is 61.3 Å². The van der Waals surface area contributed by atoms with Gasteiger partial charge >= 0.3 is 0 Å². The number of unbranched alkanes of at least 4 members (excludes halogenated alkanes) is 3. The van der Waals surface area contributed by atoms with Crippen molar-refractivity contribution < 1.29 is 118 Å². The second-order valence-electron chi connectivity index (χ2n) is 26.9. The lowest BCUT2D eigenvalue weighted by Gasteiger charge is -2.47. The van der Waals surface area contributed by atoms with Crippen LogP contribution in [-0.4, -0.2) is 350 Å². The Hall–Kier alpha value is -3.16. The summed E-state index contributed by atoms with van der Waals surface area (Å²) in [5.41, 5.74) is 75.3. The minimum atomic E-state index is -1.68. The summed E-state index contributed by atoms with van der Waals surface area (Å²) in [4.78, 5) is 0. The largest absolute Gasteiger partial charge is 0.389 e. The van der Waals surface area contributed by atoms with Gasteiger partial charge in [-0.05, 0) is 38.5 Å². The predicted molar refractivity (Wildman–Crippen MR) is 335 cm³/mol. The minimum Gasteiger partial charge on any atom is -0.389 e. The van der Waals surface area contributed by atoms with E-state index in [2.05, 4.69) is 20.6 Å². The van der Waals surface area contributed by atoms with Crippen molar-refractivity contribution in [3.63, 3.8) is 0 Å². The molecule has 8 fully saturated rings. The van der Waals surface area contributed by atoms with Crippen molar-refractivity contribution >= 4 is 0 Å². The van der Waals surface area contributed by atoms with Crippen LogP contribution in [0, 0.1) is 0 Å². The number of aromatic nitrogens is 6. The number of ether oxygens (including phenoxy) is 12. The zero-order valence-corrected chi connectivity index (χ0v) is 53.9. The van der Waals surface area contributed by atoms with Gasteiger partial charge in [0.1, 0.15) is 134 Å². The maximum Gasteiger partial charge on any atom is 0.187 e. The zero-order chi connectivity index (χ0) is 70.9. The van der Waals surface area contributed by atoms with Crippen LogP contribution in [0.5, 0.6) is 0 Å². The molecule has 36 N–H and O–H groups in total. The molecular formula is C57H108N18O24. The van der Waals surface area contributed by atoms with Gasteiger partial charge in [0.2, 0.25) is 0 Å². The van der Waals surface area contributed by atoms with Crippen molar-refractivity contribution in [2.75, 3.05) is 26.2 Å². The number of hydrogen-bond donors (Lipinski definition) is 24. The third-order valence-corrected chi connectivity index (χ3v) is 19.9. The monoisotopic (exact) mass is 1430 g/mol. The molecule has 42 nitrogen and oxygen atoms in total. The molecule has 10 rings (SSSR count). The van der Waals surface area contributed by atoms with Crippen LogP contribution in [0.15, 0.2) is 12.4 Å². The fourth-order valence-electron chi connectivity index (χ4n) is 13.9. The Labute approximate surface area is 569 Å². The second kappa shape index (κ2) is 34.8. The third kappa shape index (κ3) is 17.5. The van der Waals surface area contributed by atoms with Crippen molar-refractivity contribution in [1.82, 2.24) is 30.0 Å². The lowest BCUT2D eigenvalue weighted by Crippen LogP contribution is -2.68. The van der Waals surface area contributed by atoms with Crippen LogP contribution in [0.2, 0.25) is 0 Å². The summed E-state index contributed by atoms with van der Waals surface area (Å²) in [6, 6.07) is -9.02. The number of aliphatic hydroxyl groups excluding tert-OH is 12. The Kier molecular flexibility index (Phi) is 28.1. The lowest BCUT2D eigenvalue weighted by atomic mass is 9.84. The van der Waals surface area contributed by atoms with Crippen molar-refractivity contribution in [1.29, 1.82) is 0 Å². The zero-order valence-electron chi connectivity index (χ0n) is 53.9. The molecule has 8 aliphatic rings. The van der Waals surface area contributed by atoms with Gasteiger partial charge in [-0.25, -0.2) is 9.36 Å². The summed E-state index contributed by atoms with van der Waals surface area (Å²) in [5.74, 6) is 0. The second-order valence-corrected chi connectivity index (χ2v) is 26.9. The molecule has 38 atom stereocenters. The third-order valence-electron chi connectivity index (χ3n) is 19.9. The van der Waals surface area contributed by atoms with Gasteiger partial charge in [0, 0.05) is 62.7 Å². The number of hydrogen-bond acceptors (Lipinski definition) is 40. The van der Waals surface area contributed by atoms with Gasteiger partial charge in [-0.2, -0.15) is 0 Å². The Morgan fingerprint density at radius 3 is 0.899 bits per heavy atom. The predicted octanol–water partition coefficient (Wildman–Crippen LogP) is -14.9. The first-order valence-corrected chi connectivity index (χ1v) is 33.3. The molecule has 0 aromatic carbocycles. The summed E-state index contributed by atoms with van der Waals surface area (Å²) >= 11 is 0. The maximum atomic E-state index is 12.0. The van der Waals surface area contributed by atoms with E-state index in [1.165, 1.54) is 9.36 Å². The molecule has 6 saturated heterocycles. The molecule has 0 radical (unpaired) electrons. The number of nitrogens with two attached hydrogens (primary N) is 12. The molecule has 570 valence electrons. The molecule has 20 unspecified atom stereocenters. The quantitative estimate of drug-likeness (QED) is 0.0369. The van der Waals surface area contributed by atoms with Crippen LogP contribution in [0.1, 0.15) is 57.3 Å². The molecule has 42 heteroatoms. The molecule has 8 heterocycles. The highest BCUT2D eigenvalue weighted by Crippen LogP contribution is 2.38. The van der Waals surface area contributed by atoms with E-state index in [4.69, 9.17) is 126 Å². The summed E-state index contributed by atoms with van der Waals surface area (Å²) in [6.45, 7) is -1.09. The van der Waals surface area contributed by atoms with Crippen LogP contribution < -0.4 is 68.8 Å². The molecule has 2 saturated carbocycles. The molecule has 6 aliphatic heterocycles. The first kappa shape index (κ1) is 79.9. The van der Waals surface area contributed by atoms with Crippen molar-refractivity contribution in [2.45, 2.75) is 304 Å². The molecule has 2 aromatic heterocycles. The first-order valence-electron chi connectivity index (χ1n) is 33.3. The molecule has 2 aliphatic carbocycles. The lowest BCUT2D eigenvalue weighted by molar-refractivity contribution is -0.306. The number of aryl methyl sites for hydroxylation is 2. The van der Waals surface area contributed by atoms with Gasteiger partial charge in [-0.1, -0.05) is 30.7 Å². The van der Waals surface area contributed by atoms with Crippen LogP contribution in [0.25, 0.3) is 0 Å². The van der Waals surface area contributed by atoms with Gasteiger partial charge < -0.3 is 187 Å². The molecule has 0 bridgehead atoms. The summed E-state index contributed by atoms with van der Waals surface area (Å²) in [7, 11) is 0. The molecular weight excluding hydrogens is 1320 g/mol. The van der Waals surface area contributed by atoms with Crippen LogP contribution >= 0.6 is 0 Å². The van der Waals surface area contributed by atoms with Crippen LogP contribution in [0.3, 0.4) is 0 Å². The van der Waals surface area contributed by atoms with E-state index >= 15 is 0 Å². The summed E-state index contributed by atoms with van der Waals surface area (Å²) in [5, 5.41) is 150. The molecule has 0 amide bonds. The SMILES string of the molecule is C.NCC1O[C@H](OC2C(N)C[C@@H](N)C(O)[C@H]2O[C@@H]2O[C@H](Cn3cc(CCCCCCc4cn(C[C@H]5O[C@@H](O[C@H]6C(O[C@H]7OC(CN)C(O)[C@H](O)C7N)C(N)C[C@@H](N)C6O)[C@@H](O)C5O[C@H]5O[C@@H](CN)C(O)C(O)C5N)nn4)nn3)C(O[C@H]3O[C@@H](CN)C(O)C(O)C3N)[C@@H]2O)C(N)[C@@H](O)C1O. The van der Waals surface area contributed by atoms with Gasteiger partial charge in [0.15, 0.2) is 37.7 Å². The molecule has 0 spiro atoms. The van der Waals surface area contributed by atoms with Gasteiger partial charge in [0.05, 0.1) is 60.9 Å². The maximum absolute atomic E-state index is 12.0. The van der Waals surface area contributed by atoms with E-state index < -0.39 is 233 Å². The minimum absolute atomic E-state index is 0. The first-order chi connectivity index (χ1) is 46.7. The summed E-state index contributed by atoms with van der Waals surface area (Å²) < 4.78 is 76.6. The smallest absolute Gasteiger partial charge is 0.187 e. The van der Waals surface area contributed by atoms with Crippen LogP contribution in [-0.2, 0) is 82.8 Å². The molecule has 2 aromatic rings. The highest BCUT2D eigenvalue weighted by Gasteiger charge is 2.58. The Balaban J connectivity index is 0.0000114. The fraction of sp³-hybridized carbons (Fsp3) is 0.930. The number of aliphatic hydroxyl groups is 12. The van der Waals surface area contributed by atoms with Gasteiger partial charge in [-0.15, -0.1) is 10.2 Å². The summed E-state index contributed by atoms with van der Waals surface area (Å²) in [6.07, 6.45) is -34.4. The van der Waals surface area contributed by atoms with Crippen molar-refractivity contribution in [3.05, 3.63) is 23.8 Å². The van der Waals surface area contributed by atoms with Gasteiger partial charge in [-0.3, -0.25) is 0 Å². The standard InChI is InChI=1S/C56H104N18O24.CH4/c57-9-23-35(77)39(81)29(65)51(87-23)93-45-21(63)7-19(61)33(75)49(45)97-55-43(85)47(95-53-31(67)41(83)37(79)25(11-59)89-53)27(91-55)15-73-13-17(69-71-73)5-3-1-2-4-6-18-14-74(72-70-18)16-28-48(96-54-32(68)42(84)38(80)26(12-60)90-54)44(86)56(92-28)98-50-34(76)20(62)8-22(64)46(50)94-52-30(66)40(82)36(78)24(10-58)88-52;/h13-14,19-56,75-86H,1-12,15-16,57-68H2;1H4/t19-,20-,21?,22?,23?,24?,25+,26+,27-,28-,29?,30?,31?,32?,33?,34?,35?,36?,37?,38?,39-,40-,41?,42?,43+,44+,45?,46?,47?,48?,49-,50-,51-,52-,53-,54-,55+,56+;/m1./s1. The van der Waals surface area contributed by atoms with E-state index in [0.29, 0.717) is 37.1 Å². The Morgan fingerprint density at radius 1 is 0.333 bits per heavy atom. The highest BCUT2D eigenvalue weighted by molar-refractivity contribution is 5.06. The van der Waals surface area contributed by atoms with E-state index in [0.717, 1.165) is 12.8 Å². The number of rotatable bonds is 27. The highest BCUT2D eigenvalue weighted by atomic mass is 16.8. The van der Waals surface area contributed by atoms with Crippen molar-refractivity contribution in [2.24, 2.45) is 68.8 Å². The fourth-order valence-corrected chi connectivity index (χ4v) is 13.9. The normalized spacial score (nSPS) is 47.5. The van der Waals surface area contributed by atoms with Crippen molar-refractivity contribution in [3.8, 4) is 0 Å².